The van der Waals surface area contributed by atoms with E-state index in [1.807, 2.05) is 13.1 Å². The van der Waals surface area contributed by atoms with Crippen LogP contribution in [-0.4, -0.2) is 13.7 Å². The van der Waals surface area contributed by atoms with Crippen molar-refractivity contribution >= 4 is 23.2 Å². The van der Waals surface area contributed by atoms with Gasteiger partial charge in [-0.3, -0.25) is 0 Å². The quantitative estimate of drug-likeness (QED) is 0.796. The number of rotatable bonds is 7. The Hall–Kier alpha value is -0.440. The van der Waals surface area contributed by atoms with Gasteiger partial charge in [-0.05, 0) is 31.5 Å². The first-order valence-corrected chi connectivity index (χ1v) is 7.09. The molecule has 0 aromatic heterocycles. The van der Waals surface area contributed by atoms with Gasteiger partial charge in [0.15, 0.2) is 0 Å². The number of hydrogen-bond donors (Lipinski definition) is 1. The van der Waals surface area contributed by atoms with Crippen molar-refractivity contribution in [3.63, 3.8) is 0 Å². The van der Waals surface area contributed by atoms with E-state index >= 15 is 0 Å². The summed E-state index contributed by atoms with van der Waals surface area (Å²) in [6, 6.07) is 3.62. The zero-order valence-electron chi connectivity index (χ0n) is 11.2. The van der Waals surface area contributed by atoms with Crippen LogP contribution in [0.2, 0.25) is 10.0 Å². The maximum atomic E-state index is 6.19. The molecule has 102 valence electrons. The number of nitrogens with one attached hydrogen (secondary N) is 1. The van der Waals surface area contributed by atoms with Crippen LogP contribution in [-0.2, 0) is 6.54 Å². The van der Waals surface area contributed by atoms with Crippen LogP contribution >= 0.6 is 23.2 Å². The molecule has 0 spiro atoms. The summed E-state index contributed by atoms with van der Waals surface area (Å²) in [7, 11) is 1.89. The Morgan fingerprint density at radius 2 is 2.06 bits per heavy atom. The summed E-state index contributed by atoms with van der Waals surface area (Å²) >= 11 is 12.2. The van der Waals surface area contributed by atoms with Crippen molar-refractivity contribution < 1.29 is 4.74 Å². The van der Waals surface area contributed by atoms with Crippen LogP contribution in [0.25, 0.3) is 0 Å². The van der Waals surface area contributed by atoms with Crippen LogP contribution in [0.15, 0.2) is 12.1 Å². The average Bonchev–Trinajstić information content (AvgIpc) is 2.28. The molecule has 0 aliphatic rings. The highest BCUT2D eigenvalue weighted by Crippen LogP contribution is 2.32. The van der Waals surface area contributed by atoms with Gasteiger partial charge in [0.1, 0.15) is 5.75 Å². The van der Waals surface area contributed by atoms with Crippen LogP contribution in [0.3, 0.4) is 0 Å². The van der Waals surface area contributed by atoms with Crippen LogP contribution in [0.5, 0.6) is 5.75 Å². The molecule has 2 nitrogen and oxygen atoms in total. The maximum Gasteiger partial charge on any atom is 0.142 e. The molecular formula is C14H21Cl2NO. The minimum atomic E-state index is 0.532. The highest BCUT2D eigenvalue weighted by Gasteiger charge is 2.11. The van der Waals surface area contributed by atoms with Gasteiger partial charge in [-0.25, -0.2) is 0 Å². The van der Waals surface area contributed by atoms with Crippen LogP contribution in [0.1, 0.15) is 32.3 Å². The van der Waals surface area contributed by atoms with Gasteiger partial charge >= 0.3 is 0 Å². The standard InChI is InChI=1S/C14H21Cl2NO/c1-4-5-10(2)9-18-14-11(8-17-3)6-12(15)7-13(14)16/h6-7,10,17H,4-5,8-9H2,1-3H3. The first kappa shape index (κ1) is 15.6. The summed E-state index contributed by atoms with van der Waals surface area (Å²) in [5.74, 6) is 1.28. The van der Waals surface area contributed by atoms with Gasteiger partial charge < -0.3 is 10.1 Å². The number of hydrogen-bond acceptors (Lipinski definition) is 2. The summed E-state index contributed by atoms with van der Waals surface area (Å²) in [6.07, 6.45) is 2.33. The van der Waals surface area contributed by atoms with E-state index in [4.69, 9.17) is 27.9 Å². The van der Waals surface area contributed by atoms with Gasteiger partial charge in [-0.15, -0.1) is 0 Å². The topological polar surface area (TPSA) is 21.3 Å². The lowest BCUT2D eigenvalue weighted by Crippen LogP contribution is -2.12. The fraction of sp³-hybridized carbons (Fsp3) is 0.571. The summed E-state index contributed by atoms with van der Waals surface area (Å²) < 4.78 is 5.86. The Morgan fingerprint density at radius 1 is 1.33 bits per heavy atom. The lowest BCUT2D eigenvalue weighted by molar-refractivity contribution is 0.249. The summed E-state index contributed by atoms with van der Waals surface area (Å²) in [4.78, 5) is 0. The lowest BCUT2D eigenvalue weighted by Gasteiger charge is -2.16. The molecule has 0 aliphatic carbocycles. The fourth-order valence-electron chi connectivity index (χ4n) is 1.90. The second-order valence-corrected chi connectivity index (χ2v) is 5.45. The maximum absolute atomic E-state index is 6.19. The molecular weight excluding hydrogens is 269 g/mol. The third-order valence-corrected chi connectivity index (χ3v) is 3.25. The van der Waals surface area contributed by atoms with E-state index in [1.54, 1.807) is 6.07 Å². The minimum absolute atomic E-state index is 0.532. The Kier molecular flexibility index (Phi) is 6.83. The smallest absolute Gasteiger partial charge is 0.142 e. The largest absolute Gasteiger partial charge is 0.491 e. The van der Waals surface area contributed by atoms with Gasteiger partial charge in [-0.1, -0.05) is 43.5 Å². The van der Waals surface area contributed by atoms with E-state index in [0.717, 1.165) is 17.7 Å². The van der Waals surface area contributed by atoms with Gasteiger partial charge in [0.2, 0.25) is 0 Å². The Balaban J connectivity index is 2.79. The molecule has 1 aromatic rings. The van der Waals surface area contributed by atoms with E-state index in [0.29, 0.717) is 29.1 Å². The van der Waals surface area contributed by atoms with Crippen LogP contribution in [0, 0.1) is 5.92 Å². The van der Waals surface area contributed by atoms with Crippen molar-refractivity contribution in [3.05, 3.63) is 27.7 Å². The minimum Gasteiger partial charge on any atom is -0.491 e. The highest BCUT2D eigenvalue weighted by atomic mass is 35.5. The predicted octanol–water partition coefficient (Wildman–Crippen LogP) is 4.53. The molecule has 0 amide bonds. The molecule has 0 saturated heterocycles. The van der Waals surface area contributed by atoms with Crippen LogP contribution < -0.4 is 10.1 Å². The highest BCUT2D eigenvalue weighted by molar-refractivity contribution is 6.35. The van der Waals surface area contributed by atoms with Gasteiger partial charge in [0, 0.05) is 17.1 Å². The van der Waals surface area contributed by atoms with E-state index in [-0.39, 0.29) is 0 Å². The van der Waals surface area contributed by atoms with Crippen molar-refractivity contribution in [2.75, 3.05) is 13.7 Å². The molecule has 0 radical (unpaired) electrons. The molecule has 0 bridgehead atoms. The van der Waals surface area contributed by atoms with E-state index in [1.165, 1.54) is 6.42 Å². The number of halogens is 2. The molecule has 1 unspecified atom stereocenters. The van der Waals surface area contributed by atoms with Crippen molar-refractivity contribution in [1.29, 1.82) is 0 Å². The second kappa shape index (κ2) is 7.88. The van der Waals surface area contributed by atoms with Crippen molar-refractivity contribution in [3.8, 4) is 5.75 Å². The second-order valence-electron chi connectivity index (χ2n) is 4.61. The molecule has 1 atom stereocenters. The van der Waals surface area contributed by atoms with Crippen molar-refractivity contribution in [2.45, 2.75) is 33.2 Å². The predicted molar refractivity (Wildman–Crippen MR) is 78.8 cm³/mol. The fourth-order valence-corrected chi connectivity index (χ4v) is 2.49. The molecule has 0 aliphatic heterocycles. The third-order valence-electron chi connectivity index (χ3n) is 2.75. The average molecular weight is 290 g/mol. The normalized spacial score (nSPS) is 12.5. The molecule has 4 heteroatoms. The molecule has 1 N–H and O–H groups in total. The molecule has 0 heterocycles. The first-order valence-electron chi connectivity index (χ1n) is 6.33. The molecule has 18 heavy (non-hydrogen) atoms. The van der Waals surface area contributed by atoms with Gasteiger partial charge in [0.25, 0.3) is 0 Å². The van der Waals surface area contributed by atoms with Gasteiger partial charge in [0.05, 0.1) is 11.6 Å². The first-order chi connectivity index (χ1) is 8.58. The van der Waals surface area contributed by atoms with Crippen molar-refractivity contribution in [2.24, 2.45) is 5.92 Å². The summed E-state index contributed by atoms with van der Waals surface area (Å²) in [5, 5.41) is 4.31. The molecule has 1 rings (SSSR count). The SMILES string of the molecule is CCCC(C)COc1c(Cl)cc(Cl)cc1CNC. The number of ether oxygens (including phenoxy) is 1. The zero-order valence-corrected chi connectivity index (χ0v) is 12.7. The van der Waals surface area contributed by atoms with E-state index < -0.39 is 0 Å². The Morgan fingerprint density at radius 3 is 2.67 bits per heavy atom. The molecule has 1 aromatic carbocycles. The van der Waals surface area contributed by atoms with E-state index in [9.17, 15) is 0 Å². The summed E-state index contributed by atoms with van der Waals surface area (Å²) in [6.45, 7) is 5.74. The van der Waals surface area contributed by atoms with Gasteiger partial charge in [-0.2, -0.15) is 0 Å². The molecule has 0 saturated carbocycles. The van der Waals surface area contributed by atoms with E-state index in [2.05, 4.69) is 19.2 Å². The Labute approximate surface area is 120 Å². The van der Waals surface area contributed by atoms with Crippen LogP contribution in [0.4, 0.5) is 0 Å². The molecule has 0 fully saturated rings. The van der Waals surface area contributed by atoms with Crippen molar-refractivity contribution in [1.82, 2.24) is 5.32 Å². The Bertz CT molecular complexity index is 382. The third kappa shape index (κ3) is 4.68. The lowest BCUT2D eigenvalue weighted by atomic mass is 10.1. The summed E-state index contributed by atoms with van der Waals surface area (Å²) in [5.41, 5.74) is 0.999. The zero-order chi connectivity index (χ0) is 13.5. The number of benzene rings is 1. The monoisotopic (exact) mass is 289 g/mol.